The van der Waals surface area contributed by atoms with Crippen molar-refractivity contribution in [2.24, 2.45) is 4.99 Å². The first kappa shape index (κ1) is 13.8. The Labute approximate surface area is 112 Å². The summed E-state index contributed by atoms with van der Waals surface area (Å²) >= 11 is 0. The molecule has 1 heterocycles. The maximum absolute atomic E-state index is 14.0. The number of anilines is 1. The van der Waals surface area contributed by atoms with Crippen molar-refractivity contribution >= 4 is 11.6 Å². The minimum absolute atomic E-state index is 0.309. The van der Waals surface area contributed by atoms with Crippen molar-refractivity contribution < 1.29 is 13.9 Å². The summed E-state index contributed by atoms with van der Waals surface area (Å²) in [5.74, 6) is 0.270. The van der Waals surface area contributed by atoms with Gasteiger partial charge in [0.1, 0.15) is 11.4 Å². The summed E-state index contributed by atoms with van der Waals surface area (Å²) in [6.45, 7) is 5.10. The first-order valence-electron chi connectivity index (χ1n) is 6.40. The Morgan fingerprint density at radius 1 is 1.53 bits per heavy atom. The van der Waals surface area contributed by atoms with Crippen LogP contribution in [0.25, 0.3) is 0 Å². The number of aliphatic imine (C=N–C) groups is 1. The summed E-state index contributed by atoms with van der Waals surface area (Å²) in [6.07, 6.45) is 0.605. The van der Waals surface area contributed by atoms with E-state index in [1.165, 1.54) is 12.1 Å². The number of hydrogen-bond acceptors (Lipinski definition) is 4. The van der Waals surface area contributed by atoms with E-state index in [0.29, 0.717) is 43.4 Å². The number of nitrogen functional groups attached to an aromatic ring is 1. The smallest absolute Gasteiger partial charge is 0.186 e. The molecule has 2 rings (SSSR count). The molecule has 1 aliphatic heterocycles. The monoisotopic (exact) mass is 266 g/mol. The lowest BCUT2D eigenvalue weighted by atomic mass is 9.92. The van der Waals surface area contributed by atoms with Gasteiger partial charge in [-0.15, -0.1) is 0 Å². The number of benzene rings is 1. The Morgan fingerprint density at radius 3 is 3.05 bits per heavy atom. The summed E-state index contributed by atoms with van der Waals surface area (Å²) < 4.78 is 25.0. The van der Waals surface area contributed by atoms with Crippen molar-refractivity contribution in [2.45, 2.75) is 25.8 Å². The second kappa shape index (κ2) is 5.57. The van der Waals surface area contributed by atoms with E-state index in [4.69, 9.17) is 15.2 Å². The number of nitrogens with two attached hydrogens (primary N) is 1. The topological polar surface area (TPSA) is 56.8 Å². The van der Waals surface area contributed by atoms with Crippen LogP contribution in [0.2, 0.25) is 0 Å². The molecule has 0 saturated carbocycles. The maximum Gasteiger partial charge on any atom is 0.186 e. The van der Waals surface area contributed by atoms with Crippen molar-refractivity contribution in [3.8, 4) is 0 Å². The van der Waals surface area contributed by atoms with E-state index in [-0.39, 0.29) is 5.82 Å². The number of hydrogen-bond donors (Lipinski definition) is 1. The zero-order valence-electron chi connectivity index (χ0n) is 11.3. The van der Waals surface area contributed by atoms with E-state index >= 15 is 0 Å². The molecule has 0 bridgehead atoms. The van der Waals surface area contributed by atoms with Gasteiger partial charge in [0.05, 0.1) is 19.8 Å². The maximum atomic E-state index is 14.0. The minimum Gasteiger partial charge on any atom is -0.481 e. The molecule has 4 nitrogen and oxygen atoms in total. The highest BCUT2D eigenvalue weighted by atomic mass is 19.1. The molecule has 19 heavy (non-hydrogen) atoms. The third-order valence-electron chi connectivity index (χ3n) is 3.10. The van der Waals surface area contributed by atoms with Crippen molar-refractivity contribution in [3.05, 3.63) is 29.6 Å². The fourth-order valence-electron chi connectivity index (χ4n) is 2.16. The summed E-state index contributed by atoms with van der Waals surface area (Å²) in [5, 5.41) is 0. The van der Waals surface area contributed by atoms with Gasteiger partial charge in [-0.25, -0.2) is 9.38 Å². The van der Waals surface area contributed by atoms with Gasteiger partial charge in [0.15, 0.2) is 5.90 Å². The predicted octanol–water partition coefficient (Wildman–Crippen LogP) is 2.48. The van der Waals surface area contributed by atoms with Crippen LogP contribution in [0.1, 0.15) is 25.8 Å². The van der Waals surface area contributed by atoms with E-state index < -0.39 is 5.54 Å². The lowest BCUT2D eigenvalue weighted by Gasteiger charge is -2.25. The van der Waals surface area contributed by atoms with Gasteiger partial charge in [-0.1, -0.05) is 0 Å². The van der Waals surface area contributed by atoms with Gasteiger partial charge in [0, 0.05) is 17.7 Å². The van der Waals surface area contributed by atoms with Gasteiger partial charge in [-0.05, 0) is 32.0 Å². The molecule has 104 valence electrons. The fourth-order valence-corrected chi connectivity index (χ4v) is 2.16. The molecule has 0 saturated heterocycles. The Kier molecular flexibility index (Phi) is 4.04. The van der Waals surface area contributed by atoms with E-state index in [1.54, 1.807) is 6.07 Å². The van der Waals surface area contributed by atoms with Gasteiger partial charge in [-0.2, -0.15) is 0 Å². The largest absolute Gasteiger partial charge is 0.481 e. The Balaban J connectivity index is 2.43. The molecule has 5 heteroatoms. The van der Waals surface area contributed by atoms with E-state index in [1.807, 2.05) is 13.8 Å². The summed E-state index contributed by atoms with van der Waals surface area (Å²) in [4.78, 5) is 4.54. The Morgan fingerprint density at radius 2 is 2.32 bits per heavy atom. The van der Waals surface area contributed by atoms with Crippen LogP contribution in [-0.2, 0) is 15.0 Å². The molecule has 1 aliphatic rings. The molecule has 0 amide bonds. The highest BCUT2D eigenvalue weighted by Gasteiger charge is 2.32. The lowest BCUT2D eigenvalue weighted by molar-refractivity contribution is 0.102. The SMILES string of the molecule is CCOC1=N[C@](C)(c2cc(N)ccc2F)COCC1. The van der Waals surface area contributed by atoms with Crippen molar-refractivity contribution in [2.75, 3.05) is 25.6 Å². The third kappa shape index (κ3) is 3.04. The van der Waals surface area contributed by atoms with Crippen LogP contribution in [0, 0.1) is 5.82 Å². The highest BCUT2D eigenvalue weighted by Crippen LogP contribution is 2.31. The second-order valence-electron chi connectivity index (χ2n) is 4.75. The number of rotatable bonds is 2. The molecule has 2 N–H and O–H groups in total. The van der Waals surface area contributed by atoms with Crippen LogP contribution < -0.4 is 5.73 Å². The van der Waals surface area contributed by atoms with Crippen molar-refractivity contribution in [3.63, 3.8) is 0 Å². The summed E-state index contributed by atoms with van der Waals surface area (Å²) in [6, 6.07) is 4.50. The van der Waals surface area contributed by atoms with Gasteiger partial charge in [-0.3, -0.25) is 0 Å². The molecule has 1 atom stereocenters. The van der Waals surface area contributed by atoms with Crippen LogP contribution in [0.4, 0.5) is 10.1 Å². The molecular weight excluding hydrogens is 247 g/mol. The number of halogens is 1. The normalized spacial score (nSPS) is 23.6. The van der Waals surface area contributed by atoms with E-state index in [9.17, 15) is 4.39 Å². The van der Waals surface area contributed by atoms with Gasteiger partial charge in [0.2, 0.25) is 0 Å². The first-order valence-corrected chi connectivity index (χ1v) is 6.40. The van der Waals surface area contributed by atoms with E-state index in [0.717, 1.165) is 0 Å². The zero-order valence-corrected chi connectivity index (χ0v) is 11.3. The van der Waals surface area contributed by atoms with Crippen molar-refractivity contribution in [1.82, 2.24) is 0 Å². The average Bonchev–Trinajstić information content (AvgIpc) is 2.55. The highest BCUT2D eigenvalue weighted by molar-refractivity contribution is 5.77. The molecule has 0 aromatic heterocycles. The number of nitrogens with zero attached hydrogens (tertiary/aromatic N) is 1. The predicted molar refractivity (Wildman–Crippen MR) is 72.7 cm³/mol. The van der Waals surface area contributed by atoms with Crippen LogP contribution in [-0.4, -0.2) is 25.7 Å². The standard InChI is InChI=1S/C14H19FN2O2/c1-3-19-13-6-7-18-9-14(2,17-13)11-8-10(16)4-5-12(11)15/h4-5,8H,3,6-7,9,16H2,1-2H3/t14-/m0/s1. The third-order valence-corrected chi connectivity index (χ3v) is 3.10. The second-order valence-corrected chi connectivity index (χ2v) is 4.75. The molecule has 0 aliphatic carbocycles. The van der Waals surface area contributed by atoms with Crippen LogP contribution >= 0.6 is 0 Å². The first-order chi connectivity index (χ1) is 9.05. The Hall–Kier alpha value is -1.62. The van der Waals surface area contributed by atoms with Crippen molar-refractivity contribution in [1.29, 1.82) is 0 Å². The fraction of sp³-hybridized carbons (Fsp3) is 0.500. The average molecular weight is 266 g/mol. The van der Waals surface area contributed by atoms with Crippen LogP contribution in [0.15, 0.2) is 23.2 Å². The van der Waals surface area contributed by atoms with Gasteiger partial charge in [0.25, 0.3) is 0 Å². The molecular formula is C14H19FN2O2. The zero-order chi connectivity index (χ0) is 13.9. The quantitative estimate of drug-likeness (QED) is 0.837. The minimum atomic E-state index is -0.805. The molecule has 0 radical (unpaired) electrons. The van der Waals surface area contributed by atoms with E-state index in [2.05, 4.69) is 4.99 Å². The molecule has 0 spiro atoms. The Bertz CT molecular complexity index is 490. The molecule has 0 unspecified atom stereocenters. The van der Waals surface area contributed by atoms with Crippen LogP contribution in [0.5, 0.6) is 0 Å². The molecule has 0 fully saturated rings. The number of ether oxygens (including phenoxy) is 2. The molecule has 1 aromatic rings. The van der Waals surface area contributed by atoms with Gasteiger partial charge >= 0.3 is 0 Å². The lowest BCUT2D eigenvalue weighted by Crippen LogP contribution is -2.27. The summed E-state index contributed by atoms with van der Waals surface area (Å²) in [5.41, 5.74) is 5.88. The molecule has 1 aromatic carbocycles. The van der Waals surface area contributed by atoms with Gasteiger partial charge < -0.3 is 15.2 Å². The van der Waals surface area contributed by atoms with Crippen LogP contribution in [0.3, 0.4) is 0 Å². The summed E-state index contributed by atoms with van der Waals surface area (Å²) in [7, 11) is 0.